The van der Waals surface area contributed by atoms with E-state index in [2.05, 4.69) is 15.5 Å². The van der Waals surface area contributed by atoms with Crippen molar-refractivity contribution in [2.75, 3.05) is 46.3 Å². The van der Waals surface area contributed by atoms with Crippen LogP contribution in [0.5, 0.6) is 0 Å². The molecule has 1 aliphatic carbocycles. The van der Waals surface area contributed by atoms with Crippen molar-refractivity contribution in [1.82, 2.24) is 20.4 Å². The van der Waals surface area contributed by atoms with Crippen LogP contribution in [-0.4, -0.2) is 74.0 Å². The minimum absolute atomic E-state index is 0.141. The maximum Gasteiger partial charge on any atom is 0.234 e. The van der Waals surface area contributed by atoms with Gasteiger partial charge in [-0.05, 0) is 19.9 Å². The van der Waals surface area contributed by atoms with E-state index in [0.717, 1.165) is 45.6 Å². The smallest absolute Gasteiger partial charge is 0.234 e. The summed E-state index contributed by atoms with van der Waals surface area (Å²) in [6.07, 6.45) is 6.57. The molecule has 2 N–H and O–H groups in total. The zero-order valence-corrected chi connectivity index (χ0v) is 13.8. The molecule has 2 rings (SSSR count). The van der Waals surface area contributed by atoms with E-state index in [4.69, 9.17) is 0 Å². The molecule has 0 bridgehead atoms. The lowest BCUT2D eigenvalue weighted by Gasteiger charge is -2.34. The zero-order valence-electron chi connectivity index (χ0n) is 13.8. The molecule has 6 heteroatoms. The summed E-state index contributed by atoms with van der Waals surface area (Å²) < 4.78 is 0. The minimum atomic E-state index is 0.141. The number of rotatable bonds is 6. The summed E-state index contributed by atoms with van der Waals surface area (Å²) in [6.45, 7) is 4.25. The number of carbonyl (C=O) groups is 2. The van der Waals surface area contributed by atoms with Crippen LogP contribution in [0.25, 0.3) is 0 Å². The number of hydrogen-bond donors (Lipinski definition) is 2. The second-order valence-corrected chi connectivity index (χ2v) is 6.41. The standard InChI is InChI=1S/C16H30N4O2/c1-17-8-7-16(22)20-11-9-19(10-12-20)13-15(21)18-14-5-3-2-4-6-14/h14,17H,2-13H2,1H3,(H,18,21). The van der Waals surface area contributed by atoms with Gasteiger partial charge in [-0.3, -0.25) is 14.5 Å². The van der Waals surface area contributed by atoms with E-state index in [0.29, 0.717) is 19.0 Å². The van der Waals surface area contributed by atoms with Crippen LogP contribution >= 0.6 is 0 Å². The van der Waals surface area contributed by atoms with Crippen molar-refractivity contribution >= 4 is 11.8 Å². The van der Waals surface area contributed by atoms with Crippen molar-refractivity contribution in [3.8, 4) is 0 Å². The lowest BCUT2D eigenvalue weighted by atomic mass is 9.95. The van der Waals surface area contributed by atoms with Gasteiger partial charge < -0.3 is 15.5 Å². The molecule has 0 radical (unpaired) electrons. The summed E-state index contributed by atoms with van der Waals surface area (Å²) in [5.74, 6) is 0.350. The minimum Gasteiger partial charge on any atom is -0.352 e. The third-order valence-corrected chi connectivity index (χ3v) is 4.65. The molecule has 1 saturated carbocycles. The van der Waals surface area contributed by atoms with Crippen LogP contribution in [0.4, 0.5) is 0 Å². The molecule has 1 saturated heterocycles. The first-order valence-electron chi connectivity index (χ1n) is 8.63. The Labute approximate surface area is 133 Å². The second-order valence-electron chi connectivity index (χ2n) is 6.41. The number of piperazine rings is 1. The average Bonchev–Trinajstić information content (AvgIpc) is 2.54. The molecule has 0 aromatic rings. The van der Waals surface area contributed by atoms with Crippen LogP contribution in [0, 0.1) is 0 Å². The van der Waals surface area contributed by atoms with Crippen LogP contribution in [0.15, 0.2) is 0 Å². The number of nitrogens with zero attached hydrogens (tertiary/aromatic N) is 2. The van der Waals surface area contributed by atoms with Gasteiger partial charge in [-0.25, -0.2) is 0 Å². The summed E-state index contributed by atoms with van der Waals surface area (Å²) >= 11 is 0. The van der Waals surface area contributed by atoms with Gasteiger partial charge >= 0.3 is 0 Å². The average molecular weight is 310 g/mol. The topological polar surface area (TPSA) is 64.7 Å². The highest BCUT2D eigenvalue weighted by Gasteiger charge is 2.23. The number of hydrogen-bond acceptors (Lipinski definition) is 4. The van der Waals surface area contributed by atoms with E-state index in [-0.39, 0.29) is 11.8 Å². The molecule has 0 unspecified atom stereocenters. The monoisotopic (exact) mass is 310 g/mol. The quantitative estimate of drug-likeness (QED) is 0.735. The van der Waals surface area contributed by atoms with Gasteiger partial charge in [0, 0.05) is 45.2 Å². The fourth-order valence-electron chi connectivity index (χ4n) is 3.27. The largest absolute Gasteiger partial charge is 0.352 e. The van der Waals surface area contributed by atoms with Crippen LogP contribution in [0.3, 0.4) is 0 Å². The Morgan fingerprint density at radius 2 is 1.73 bits per heavy atom. The molecular weight excluding hydrogens is 280 g/mol. The van der Waals surface area contributed by atoms with Gasteiger partial charge in [0.25, 0.3) is 0 Å². The van der Waals surface area contributed by atoms with Gasteiger partial charge in [0.05, 0.1) is 6.54 Å². The second kappa shape index (κ2) is 9.10. The fourth-order valence-corrected chi connectivity index (χ4v) is 3.27. The molecule has 0 aromatic carbocycles. The first kappa shape index (κ1) is 17.2. The molecule has 22 heavy (non-hydrogen) atoms. The maximum absolute atomic E-state index is 12.1. The highest BCUT2D eigenvalue weighted by Crippen LogP contribution is 2.17. The van der Waals surface area contributed by atoms with Gasteiger partial charge in [-0.1, -0.05) is 19.3 Å². The Bertz CT molecular complexity index is 361. The molecule has 1 heterocycles. The molecule has 0 aromatic heterocycles. The predicted molar refractivity (Wildman–Crippen MR) is 86.6 cm³/mol. The zero-order chi connectivity index (χ0) is 15.8. The first-order valence-corrected chi connectivity index (χ1v) is 8.63. The Hall–Kier alpha value is -1.14. The molecule has 0 spiro atoms. The predicted octanol–water partition coefficient (Wildman–Crippen LogP) is 0.189. The summed E-state index contributed by atoms with van der Waals surface area (Å²) in [6, 6.07) is 0.380. The van der Waals surface area contributed by atoms with Crippen LogP contribution in [0.2, 0.25) is 0 Å². The SMILES string of the molecule is CNCCC(=O)N1CCN(CC(=O)NC2CCCCC2)CC1. The van der Waals surface area contributed by atoms with Gasteiger partial charge in [0.1, 0.15) is 0 Å². The van der Waals surface area contributed by atoms with Crippen molar-refractivity contribution < 1.29 is 9.59 Å². The van der Waals surface area contributed by atoms with E-state index >= 15 is 0 Å². The molecule has 2 aliphatic rings. The molecule has 126 valence electrons. The van der Waals surface area contributed by atoms with Gasteiger partial charge in [0.15, 0.2) is 0 Å². The molecular formula is C16H30N4O2. The van der Waals surface area contributed by atoms with Crippen molar-refractivity contribution in [3.63, 3.8) is 0 Å². The van der Waals surface area contributed by atoms with E-state index in [1.165, 1.54) is 19.3 Å². The fraction of sp³-hybridized carbons (Fsp3) is 0.875. The highest BCUT2D eigenvalue weighted by atomic mass is 16.2. The molecule has 6 nitrogen and oxygen atoms in total. The van der Waals surface area contributed by atoms with Crippen molar-refractivity contribution in [2.45, 2.75) is 44.6 Å². The molecule has 0 atom stereocenters. The highest BCUT2D eigenvalue weighted by molar-refractivity contribution is 5.78. The Balaban J connectivity index is 1.64. The molecule has 2 fully saturated rings. The van der Waals surface area contributed by atoms with Crippen LogP contribution < -0.4 is 10.6 Å². The summed E-state index contributed by atoms with van der Waals surface area (Å²) in [5, 5.41) is 6.16. The first-order chi connectivity index (χ1) is 10.7. The van der Waals surface area contributed by atoms with Gasteiger partial charge in [0.2, 0.25) is 11.8 Å². The lowest BCUT2D eigenvalue weighted by molar-refractivity contribution is -0.133. The van der Waals surface area contributed by atoms with Crippen molar-refractivity contribution in [2.24, 2.45) is 0 Å². The normalized spacial score (nSPS) is 20.9. The third-order valence-electron chi connectivity index (χ3n) is 4.65. The molecule has 2 amide bonds. The Morgan fingerprint density at radius 1 is 1.05 bits per heavy atom. The number of carbonyl (C=O) groups excluding carboxylic acids is 2. The van der Waals surface area contributed by atoms with E-state index in [9.17, 15) is 9.59 Å². The molecule has 1 aliphatic heterocycles. The summed E-state index contributed by atoms with van der Waals surface area (Å²) in [4.78, 5) is 28.1. The van der Waals surface area contributed by atoms with Gasteiger partial charge in [-0.2, -0.15) is 0 Å². The van der Waals surface area contributed by atoms with E-state index < -0.39 is 0 Å². The van der Waals surface area contributed by atoms with Crippen molar-refractivity contribution in [1.29, 1.82) is 0 Å². The third kappa shape index (κ3) is 5.57. The van der Waals surface area contributed by atoms with E-state index in [1.807, 2.05) is 11.9 Å². The summed E-state index contributed by atoms with van der Waals surface area (Å²) in [5.41, 5.74) is 0. The van der Waals surface area contributed by atoms with Crippen LogP contribution in [0.1, 0.15) is 38.5 Å². The van der Waals surface area contributed by atoms with E-state index in [1.54, 1.807) is 0 Å². The van der Waals surface area contributed by atoms with Gasteiger partial charge in [-0.15, -0.1) is 0 Å². The Kier molecular flexibility index (Phi) is 7.12. The van der Waals surface area contributed by atoms with Crippen LogP contribution in [-0.2, 0) is 9.59 Å². The number of nitrogens with one attached hydrogen (secondary N) is 2. The lowest BCUT2D eigenvalue weighted by Crippen LogP contribution is -2.52. The summed E-state index contributed by atoms with van der Waals surface area (Å²) in [7, 11) is 1.86. The number of amides is 2. The van der Waals surface area contributed by atoms with Crippen molar-refractivity contribution in [3.05, 3.63) is 0 Å². The Morgan fingerprint density at radius 3 is 2.36 bits per heavy atom. The maximum atomic E-state index is 12.1.